The summed E-state index contributed by atoms with van der Waals surface area (Å²) in [6.07, 6.45) is 15.7. The van der Waals surface area contributed by atoms with Gasteiger partial charge in [0.25, 0.3) is 0 Å². The second kappa shape index (κ2) is 13.6. The molecule has 1 aliphatic rings. The van der Waals surface area contributed by atoms with Crippen LogP contribution in [-0.4, -0.2) is 31.9 Å². The Hall–Kier alpha value is -1.49. The Balaban J connectivity index is 1.73. The van der Waals surface area contributed by atoms with Crippen molar-refractivity contribution in [2.45, 2.75) is 83.1 Å². The fraction of sp³-hybridized carbons (Fsp3) is 0.696. The highest BCUT2D eigenvalue weighted by Gasteiger charge is 2.11. The highest BCUT2D eigenvalue weighted by Crippen LogP contribution is 2.27. The van der Waals surface area contributed by atoms with E-state index < -0.39 is 0 Å². The average molecular weight is 407 g/mol. The maximum absolute atomic E-state index is 5.56. The van der Waals surface area contributed by atoms with Crippen LogP contribution in [0.15, 0.2) is 18.2 Å². The van der Waals surface area contributed by atoms with E-state index in [0.717, 1.165) is 29.6 Å². The molecule has 0 aliphatic heterocycles. The Bertz CT molecular complexity index is 568. The molecule has 158 valence electrons. The molecule has 2 rings (SSSR count). The fourth-order valence-corrected chi connectivity index (χ4v) is 4.17. The lowest BCUT2D eigenvalue weighted by Crippen LogP contribution is -2.42. The lowest BCUT2D eigenvalue weighted by Gasteiger charge is -2.21. The molecular weight excluding hydrogens is 368 g/mol. The Kier molecular flexibility index (Phi) is 11.1. The summed E-state index contributed by atoms with van der Waals surface area (Å²) in [7, 11) is 3.33. The molecule has 28 heavy (non-hydrogen) atoms. The van der Waals surface area contributed by atoms with Crippen molar-refractivity contribution in [1.29, 1.82) is 0 Å². The molecule has 1 saturated carbocycles. The average Bonchev–Trinajstić information content (AvgIpc) is 2.70. The van der Waals surface area contributed by atoms with Gasteiger partial charge >= 0.3 is 0 Å². The van der Waals surface area contributed by atoms with Crippen molar-refractivity contribution in [3.8, 4) is 11.5 Å². The van der Waals surface area contributed by atoms with E-state index >= 15 is 0 Å². The highest BCUT2D eigenvalue weighted by atomic mass is 32.1. The number of hydrogen-bond acceptors (Lipinski definition) is 3. The van der Waals surface area contributed by atoms with Crippen LogP contribution in [0.25, 0.3) is 0 Å². The van der Waals surface area contributed by atoms with Gasteiger partial charge in [0.1, 0.15) is 0 Å². The number of hydrogen-bond donors (Lipinski definition) is 2. The molecule has 5 heteroatoms. The molecular formula is C23H38N2O2S. The minimum absolute atomic E-state index is 0.514. The van der Waals surface area contributed by atoms with Crippen LogP contribution in [0, 0.1) is 0 Å². The number of thiocarbonyl (C=S) groups is 1. The van der Waals surface area contributed by atoms with Crippen molar-refractivity contribution in [3.63, 3.8) is 0 Å². The predicted octanol–water partition coefficient (Wildman–Crippen LogP) is 5.38. The lowest BCUT2D eigenvalue weighted by atomic mass is 9.98. The van der Waals surface area contributed by atoms with Crippen LogP contribution in [0.5, 0.6) is 11.5 Å². The van der Waals surface area contributed by atoms with E-state index in [2.05, 4.69) is 16.7 Å². The molecule has 2 N–H and O–H groups in total. The van der Waals surface area contributed by atoms with Gasteiger partial charge in [-0.3, -0.25) is 0 Å². The van der Waals surface area contributed by atoms with E-state index in [-0.39, 0.29) is 0 Å². The number of nitrogens with one attached hydrogen (secondary N) is 2. The molecule has 1 fully saturated rings. The molecule has 1 aromatic carbocycles. The summed E-state index contributed by atoms with van der Waals surface area (Å²) in [4.78, 5) is 0. The second-order valence-electron chi connectivity index (χ2n) is 7.80. The minimum atomic E-state index is 0.514. The lowest BCUT2D eigenvalue weighted by molar-refractivity contribution is 0.354. The van der Waals surface area contributed by atoms with Gasteiger partial charge in [-0.15, -0.1) is 0 Å². The number of benzene rings is 1. The van der Waals surface area contributed by atoms with Crippen LogP contribution in [-0.2, 0) is 6.42 Å². The monoisotopic (exact) mass is 406 g/mol. The van der Waals surface area contributed by atoms with E-state index in [9.17, 15) is 0 Å². The molecule has 0 spiro atoms. The zero-order chi connectivity index (χ0) is 20.0. The third kappa shape index (κ3) is 8.68. The third-order valence-electron chi connectivity index (χ3n) is 5.59. The maximum Gasteiger partial charge on any atom is 0.166 e. The van der Waals surface area contributed by atoms with Crippen LogP contribution in [0.1, 0.15) is 76.2 Å². The minimum Gasteiger partial charge on any atom is -0.493 e. The summed E-state index contributed by atoms with van der Waals surface area (Å²) in [5.74, 6) is 1.54. The van der Waals surface area contributed by atoms with Gasteiger partial charge in [-0.1, -0.05) is 63.9 Å². The number of methoxy groups -OCH3 is 2. The largest absolute Gasteiger partial charge is 0.493 e. The van der Waals surface area contributed by atoms with Gasteiger partial charge in [0, 0.05) is 12.6 Å². The van der Waals surface area contributed by atoms with Gasteiger partial charge in [-0.2, -0.15) is 0 Å². The summed E-state index contributed by atoms with van der Waals surface area (Å²) in [6.45, 7) is 0.814. The predicted molar refractivity (Wildman–Crippen MR) is 122 cm³/mol. The van der Waals surface area contributed by atoms with Crippen LogP contribution < -0.4 is 20.1 Å². The second-order valence-corrected chi connectivity index (χ2v) is 8.20. The van der Waals surface area contributed by atoms with Gasteiger partial charge in [0.2, 0.25) is 0 Å². The summed E-state index contributed by atoms with van der Waals surface area (Å²) in [6, 6.07) is 6.58. The van der Waals surface area contributed by atoms with Crippen LogP contribution in [0.2, 0.25) is 0 Å². The highest BCUT2D eigenvalue weighted by molar-refractivity contribution is 7.80. The first-order valence-electron chi connectivity index (χ1n) is 11.0. The van der Waals surface area contributed by atoms with E-state index in [1.54, 1.807) is 14.2 Å². The van der Waals surface area contributed by atoms with Crippen LogP contribution in [0.4, 0.5) is 0 Å². The third-order valence-corrected chi connectivity index (χ3v) is 5.85. The van der Waals surface area contributed by atoms with Gasteiger partial charge in [-0.05, 0) is 49.2 Å². The quantitative estimate of drug-likeness (QED) is 0.621. The smallest absolute Gasteiger partial charge is 0.166 e. The summed E-state index contributed by atoms with van der Waals surface area (Å²) < 4.78 is 10.7. The maximum atomic E-state index is 5.56. The zero-order valence-corrected chi connectivity index (χ0v) is 18.5. The number of ether oxygens (including phenoxy) is 2. The molecule has 0 bridgehead atoms. The molecule has 0 saturated heterocycles. The topological polar surface area (TPSA) is 42.5 Å². The van der Waals surface area contributed by atoms with Crippen molar-refractivity contribution >= 4 is 17.3 Å². The fourth-order valence-electron chi connectivity index (χ4n) is 3.90. The SMILES string of the molecule is COc1ccc(CCNC(=S)NC2CCCCCCCCCCC2)cc1OC. The Labute approximate surface area is 176 Å². The van der Waals surface area contributed by atoms with Gasteiger partial charge in [0.05, 0.1) is 14.2 Å². The molecule has 0 atom stereocenters. The standard InChI is InChI=1S/C23H38N2O2S/c1-26-21-15-14-19(18-22(21)27-2)16-17-24-23(28)25-20-12-10-8-6-4-3-5-7-9-11-13-20/h14-15,18,20H,3-13,16-17H2,1-2H3,(H2,24,25,28). The van der Waals surface area contributed by atoms with E-state index in [4.69, 9.17) is 21.7 Å². The first-order chi connectivity index (χ1) is 13.7. The normalized spacial score (nSPS) is 17.1. The summed E-state index contributed by atoms with van der Waals surface area (Å²) >= 11 is 5.56. The van der Waals surface area contributed by atoms with Crippen LogP contribution in [0.3, 0.4) is 0 Å². The first kappa shape index (κ1) is 22.8. The van der Waals surface area contributed by atoms with Crippen molar-refractivity contribution in [3.05, 3.63) is 23.8 Å². The number of rotatable bonds is 6. The summed E-state index contributed by atoms with van der Waals surface area (Å²) in [5, 5.41) is 7.74. The Morgan fingerprint density at radius 2 is 1.46 bits per heavy atom. The molecule has 1 aromatic rings. The Morgan fingerprint density at radius 1 is 0.893 bits per heavy atom. The molecule has 0 heterocycles. The van der Waals surface area contributed by atoms with E-state index in [1.807, 2.05) is 12.1 Å². The van der Waals surface area contributed by atoms with E-state index in [0.29, 0.717) is 6.04 Å². The van der Waals surface area contributed by atoms with Crippen molar-refractivity contribution in [2.75, 3.05) is 20.8 Å². The van der Waals surface area contributed by atoms with Crippen molar-refractivity contribution in [1.82, 2.24) is 10.6 Å². The molecule has 0 radical (unpaired) electrons. The first-order valence-corrected chi connectivity index (χ1v) is 11.4. The molecule has 1 aliphatic carbocycles. The Morgan fingerprint density at radius 3 is 2.04 bits per heavy atom. The zero-order valence-electron chi connectivity index (χ0n) is 17.7. The van der Waals surface area contributed by atoms with Crippen molar-refractivity contribution < 1.29 is 9.47 Å². The van der Waals surface area contributed by atoms with Gasteiger partial charge < -0.3 is 20.1 Å². The molecule has 0 aromatic heterocycles. The molecule has 0 unspecified atom stereocenters. The van der Waals surface area contributed by atoms with E-state index in [1.165, 1.54) is 76.2 Å². The summed E-state index contributed by atoms with van der Waals surface area (Å²) in [5.41, 5.74) is 1.21. The van der Waals surface area contributed by atoms with Gasteiger partial charge in [0.15, 0.2) is 16.6 Å². The van der Waals surface area contributed by atoms with Crippen LogP contribution >= 0.6 is 12.2 Å². The van der Waals surface area contributed by atoms with Gasteiger partial charge in [-0.25, -0.2) is 0 Å². The molecule has 0 amide bonds. The molecule has 4 nitrogen and oxygen atoms in total. The van der Waals surface area contributed by atoms with Crippen molar-refractivity contribution in [2.24, 2.45) is 0 Å².